The zero-order chi connectivity index (χ0) is 16.4. The normalized spacial score (nSPS) is 12.2. The van der Waals surface area contributed by atoms with Crippen LogP contribution in [0.5, 0.6) is 0 Å². The lowest BCUT2D eigenvalue weighted by molar-refractivity contribution is 0.455. The molecule has 0 saturated heterocycles. The molecule has 3 heteroatoms. The highest BCUT2D eigenvalue weighted by Gasteiger charge is 2.23. The van der Waals surface area contributed by atoms with Gasteiger partial charge < -0.3 is 8.83 Å². The van der Waals surface area contributed by atoms with Crippen molar-refractivity contribution in [1.82, 2.24) is 0 Å². The summed E-state index contributed by atoms with van der Waals surface area (Å²) in [5.74, 6) is 2.42. The van der Waals surface area contributed by atoms with E-state index in [0.29, 0.717) is 5.02 Å². The molecule has 2 aromatic heterocycles. The van der Waals surface area contributed by atoms with E-state index in [4.69, 9.17) is 20.4 Å². The SMILES string of the molecule is Clc1ccc(C(c2ccco2)c2ccc(-c3ccccc3)o2)cc1. The van der Waals surface area contributed by atoms with E-state index in [1.54, 1.807) is 6.26 Å². The molecule has 24 heavy (non-hydrogen) atoms. The second kappa shape index (κ2) is 6.42. The van der Waals surface area contributed by atoms with Crippen molar-refractivity contribution in [3.8, 4) is 11.3 Å². The molecule has 2 aromatic carbocycles. The second-order valence-corrected chi connectivity index (χ2v) is 6.00. The molecule has 4 aromatic rings. The summed E-state index contributed by atoms with van der Waals surface area (Å²) in [4.78, 5) is 0. The van der Waals surface area contributed by atoms with Crippen molar-refractivity contribution >= 4 is 11.6 Å². The molecule has 1 atom stereocenters. The third-order valence-electron chi connectivity index (χ3n) is 4.00. The summed E-state index contributed by atoms with van der Waals surface area (Å²) in [6.07, 6.45) is 1.68. The Bertz CT molecular complexity index is 906. The van der Waals surface area contributed by atoms with Crippen molar-refractivity contribution in [3.05, 3.63) is 107 Å². The molecule has 0 saturated carbocycles. The summed E-state index contributed by atoms with van der Waals surface area (Å²) >= 11 is 6.02. The average Bonchev–Trinajstić information content (AvgIpc) is 3.30. The first-order valence-electron chi connectivity index (χ1n) is 7.75. The van der Waals surface area contributed by atoms with Gasteiger partial charge in [-0.2, -0.15) is 0 Å². The van der Waals surface area contributed by atoms with Crippen LogP contribution in [0.3, 0.4) is 0 Å². The highest BCUT2D eigenvalue weighted by Crippen LogP contribution is 2.35. The molecule has 0 aliphatic heterocycles. The Labute approximate surface area is 145 Å². The predicted octanol–water partition coefficient (Wildman–Crippen LogP) is 6.37. The first-order valence-corrected chi connectivity index (χ1v) is 8.13. The maximum atomic E-state index is 6.15. The largest absolute Gasteiger partial charge is 0.468 e. The number of benzene rings is 2. The summed E-state index contributed by atoms with van der Waals surface area (Å²) in [6.45, 7) is 0. The Morgan fingerprint density at radius 2 is 1.50 bits per heavy atom. The van der Waals surface area contributed by atoms with Gasteiger partial charge in [0.15, 0.2) is 0 Å². The average molecular weight is 335 g/mol. The van der Waals surface area contributed by atoms with Gasteiger partial charge in [0.25, 0.3) is 0 Å². The van der Waals surface area contributed by atoms with E-state index in [2.05, 4.69) is 0 Å². The van der Waals surface area contributed by atoms with Gasteiger partial charge in [-0.15, -0.1) is 0 Å². The van der Waals surface area contributed by atoms with E-state index in [1.165, 1.54) is 0 Å². The summed E-state index contributed by atoms with van der Waals surface area (Å²) in [6, 6.07) is 25.7. The minimum Gasteiger partial charge on any atom is -0.468 e. The van der Waals surface area contributed by atoms with E-state index in [0.717, 1.165) is 28.4 Å². The smallest absolute Gasteiger partial charge is 0.134 e. The van der Waals surface area contributed by atoms with Gasteiger partial charge in [0.05, 0.1) is 6.26 Å². The minimum absolute atomic E-state index is 0.102. The van der Waals surface area contributed by atoms with Crippen molar-refractivity contribution < 1.29 is 8.83 Å². The molecule has 0 aliphatic carbocycles. The highest BCUT2D eigenvalue weighted by molar-refractivity contribution is 6.30. The maximum absolute atomic E-state index is 6.15. The van der Waals surface area contributed by atoms with Crippen LogP contribution in [0, 0.1) is 0 Å². The van der Waals surface area contributed by atoms with Gasteiger partial charge in [0.2, 0.25) is 0 Å². The van der Waals surface area contributed by atoms with Crippen LogP contribution in [-0.4, -0.2) is 0 Å². The van der Waals surface area contributed by atoms with Crippen LogP contribution in [0.15, 0.2) is 94.0 Å². The van der Waals surface area contributed by atoms with Crippen molar-refractivity contribution in [3.63, 3.8) is 0 Å². The number of halogens is 1. The topological polar surface area (TPSA) is 26.3 Å². The molecular formula is C21H15ClO2. The second-order valence-electron chi connectivity index (χ2n) is 5.57. The van der Waals surface area contributed by atoms with Crippen LogP contribution in [0.1, 0.15) is 23.0 Å². The van der Waals surface area contributed by atoms with E-state index in [-0.39, 0.29) is 5.92 Å². The summed E-state index contributed by atoms with van der Waals surface area (Å²) < 4.78 is 11.8. The van der Waals surface area contributed by atoms with Gasteiger partial charge in [-0.3, -0.25) is 0 Å². The number of hydrogen-bond donors (Lipinski definition) is 0. The number of furan rings is 2. The predicted molar refractivity (Wildman–Crippen MR) is 95.2 cm³/mol. The van der Waals surface area contributed by atoms with E-state index in [9.17, 15) is 0 Å². The summed E-state index contributed by atoms with van der Waals surface area (Å²) in [7, 11) is 0. The molecule has 0 N–H and O–H groups in total. The Hall–Kier alpha value is -2.71. The Morgan fingerprint density at radius 1 is 0.708 bits per heavy atom. The fraction of sp³-hybridized carbons (Fsp3) is 0.0476. The molecule has 0 fully saturated rings. The van der Waals surface area contributed by atoms with Crippen molar-refractivity contribution in [1.29, 1.82) is 0 Å². The molecule has 1 unspecified atom stereocenters. The molecule has 0 radical (unpaired) electrons. The van der Waals surface area contributed by atoms with Crippen LogP contribution >= 0.6 is 11.6 Å². The molecule has 118 valence electrons. The summed E-state index contributed by atoms with van der Waals surface area (Å²) in [5.41, 5.74) is 2.13. The monoisotopic (exact) mass is 334 g/mol. The molecular weight excluding hydrogens is 320 g/mol. The number of hydrogen-bond acceptors (Lipinski definition) is 2. The molecule has 2 nitrogen and oxygen atoms in total. The zero-order valence-electron chi connectivity index (χ0n) is 12.9. The van der Waals surface area contributed by atoms with Gasteiger partial charge in [0.1, 0.15) is 23.2 Å². The van der Waals surface area contributed by atoms with Crippen LogP contribution < -0.4 is 0 Å². The number of rotatable bonds is 4. The van der Waals surface area contributed by atoms with Crippen LogP contribution in [0.4, 0.5) is 0 Å². The molecule has 0 bridgehead atoms. The van der Waals surface area contributed by atoms with E-state index in [1.807, 2.05) is 78.9 Å². The van der Waals surface area contributed by atoms with Gasteiger partial charge in [-0.1, -0.05) is 54.1 Å². The lowest BCUT2D eigenvalue weighted by atomic mass is 9.94. The fourth-order valence-electron chi connectivity index (χ4n) is 2.85. The third-order valence-corrected chi connectivity index (χ3v) is 4.25. The summed E-state index contributed by atoms with van der Waals surface area (Å²) in [5, 5.41) is 0.710. The maximum Gasteiger partial charge on any atom is 0.134 e. The Morgan fingerprint density at radius 3 is 2.21 bits per heavy atom. The van der Waals surface area contributed by atoms with Crippen molar-refractivity contribution in [2.45, 2.75) is 5.92 Å². The quantitative estimate of drug-likeness (QED) is 0.433. The van der Waals surface area contributed by atoms with Crippen LogP contribution in [-0.2, 0) is 0 Å². The molecule has 4 rings (SSSR count). The first-order chi connectivity index (χ1) is 11.8. The lowest BCUT2D eigenvalue weighted by Crippen LogP contribution is -2.00. The third kappa shape index (κ3) is 2.89. The highest BCUT2D eigenvalue weighted by atomic mass is 35.5. The van der Waals surface area contributed by atoms with Gasteiger partial charge in [-0.05, 0) is 42.0 Å². The zero-order valence-corrected chi connectivity index (χ0v) is 13.6. The van der Waals surface area contributed by atoms with Crippen molar-refractivity contribution in [2.24, 2.45) is 0 Å². The van der Waals surface area contributed by atoms with Crippen LogP contribution in [0.2, 0.25) is 5.02 Å². The fourth-order valence-corrected chi connectivity index (χ4v) is 2.97. The molecule has 0 spiro atoms. The molecule has 0 amide bonds. The van der Waals surface area contributed by atoms with E-state index >= 15 is 0 Å². The van der Waals surface area contributed by atoms with E-state index < -0.39 is 0 Å². The molecule has 0 aliphatic rings. The van der Waals surface area contributed by atoms with Crippen molar-refractivity contribution in [2.75, 3.05) is 0 Å². The van der Waals surface area contributed by atoms with Gasteiger partial charge >= 0.3 is 0 Å². The van der Waals surface area contributed by atoms with Gasteiger partial charge in [-0.25, -0.2) is 0 Å². The minimum atomic E-state index is -0.102. The van der Waals surface area contributed by atoms with Crippen LogP contribution in [0.25, 0.3) is 11.3 Å². The Balaban J connectivity index is 1.77. The van der Waals surface area contributed by atoms with Gasteiger partial charge in [0, 0.05) is 10.6 Å². The standard InChI is InChI=1S/C21H15ClO2/c22-17-10-8-16(9-11-17)21(19-7-4-14-23-19)20-13-12-18(24-20)15-5-2-1-3-6-15/h1-14,21H. The lowest BCUT2D eigenvalue weighted by Gasteiger charge is -2.13. The molecule has 2 heterocycles. The first kappa shape index (κ1) is 14.9. The Kier molecular flexibility index (Phi) is 3.97.